The average Bonchev–Trinajstić information content (AvgIpc) is 3.29. The summed E-state index contributed by atoms with van der Waals surface area (Å²) in [6.07, 6.45) is 1.93. The van der Waals surface area contributed by atoms with E-state index in [9.17, 15) is 8.78 Å². The van der Waals surface area contributed by atoms with Crippen molar-refractivity contribution in [2.24, 2.45) is 0 Å². The van der Waals surface area contributed by atoms with Gasteiger partial charge in [-0.2, -0.15) is 18.9 Å². The monoisotopic (exact) mass is 426 g/mol. The van der Waals surface area contributed by atoms with Gasteiger partial charge in [-0.25, -0.2) is 4.68 Å². The lowest BCUT2D eigenvalue weighted by Gasteiger charge is -2.22. The van der Waals surface area contributed by atoms with Crippen LogP contribution in [0, 0.1) is 11.9 Å². The molecule has 0 amide bonds. The topological polar surface area (TPSA) is 43.6 Å². The number of rotatable bonds is 4. The number of hydrogen-bond acceptors (Lipinski definition) is 3. The second-order valence-electron chi connectivity index (χ2n) is 8.21. The van der Waals surface area contributed by atoms with Crippen LogP contribution >= 0.6 is 0 Å². The van der Waals surface area contributed by atoms with E-state index in [0.717, 1.165) is 22.5 Å². The highest BCUT2D eigenvalue weighted by molar-refractivity contribution is 5.84. The van der Waals surface area contributed by atoms with Gasteiger partial charge in [-0.1, -0.05) is 36.4 Å². The minimum atomic E-state index is -0.874. The predicted octanol–water partition coefficient (Wildman–Crippen LogP) is 6.09. The summed E-state index contributed by atoms with van der Waals surface area (Å²) in [6.45, 7) is 4.06. The zero-order valence-electron chi connectivity index (χ0n) is 17.6. The highest BCUT2D eigenvalue weighted by Crippen LogP contribution is 2.31. The molecule has 5 rings (SSSR count). The van der Waals surface area contributed by atoms with Crippen LogP contribution in [0.15, 0.2) is 85.1 Å². The summed E-state index contributed by atoms with van der Waals surface area (Å²) in [5, 5.41) is 7.13. The van der Waals surface area contributed by atoms with E-state index < -0.39 is 17.3 Å². The Morgan fingerprint density at radius 1 is 0.719 bits per heavy atom. The molecule has 0 N–H and O–H groups in total. The molecule has 0 saturated heterocycles. The molecular weight excluding hydrogens is 406 g/mol. The van der Waals surface area contributed by atoms with E-state index in [-0.39, 0.29) is 0 Å². The van der Waals surface area contributed by atoms with E-state index in [2.05, 4.69) is 34.2 Å². The minimum Gasteiger partial charge on any atom is -0.252 e. The maximum atomic E-state index is 13.6. The highest BCUT2D eigenvalue weighted by Gasteiger charge is 2.28. The Kier molecular flexibility index (Phi) is 4.78. The fourth-order valence-corrected chi connectivity index (χ4v) is 3.81. The van der Waals surface area contributed by atoms with Crippen molar-refractivity contribution in [2.75, 3.05) is 0 Å². The first-order valence-electron chi connectivity index (χ1n) is 10.3. The van der Waals surface area contributed by atoms with Gasteiger partial charge in [0, 0.05) is 23.9 Å². The zero-order chi connectivity index (χ0) is 22.3. The number of halogens is 2. The molecule has 32 heavy (non-hydrogen) atoms. The van der Waals surface area contributed by atoms with Crippen molar-refractivity contribution in [1.29, 1.82) is 0 Å². The molecule has 0 atom stereocenters. The van der Waals surface area contributed by atoms with Gasteiger partial charge in [0.15, 0.2) is 0 Å². The number of nitrogens with zero attached hydrogens (tertiary/aromatic N) is 4. The van der Waals surface area contributed by atoms with Crippen molar-refractivity contribution in [3.8, 4) is 16.9 Å². The Hall–Kier alpha value is -3.93. The third kappa shape index (κ3) is 3.64. The van der Waals surface area contributed by atoms with Gasteiger partial charge in [-0.05, 0) is 55.0 Å². The number of pyridine rings is 2. The number of fused-ring (bicyclic) bond motifs is 1. The van der Waals surface area contributed by atoms with Crippen LogP contribution < -0.4 is 0 Å². The molecule has 0 aliphatic rings. The third-order valence-corrected chi connectivity index (χ3v) is 5.68. The van der Waals surface area contributed by atoms with Crippen LogP contribution in [0.4, 0.5) is 8.78 Å². The average molecular weight is 426 g/mol. The van der Waals surface area contributed by atoms with Crippen LogP contribution in [0.3, 0.4) is 0 Å². The first kappa shape index (κ1) is 20.0. The molecule has 0 bridgehead atoms. The molecule has 0 aliphatic heterocycles. The fraction of sp³-hybridized carbons (Fsp3) is 0.115. The van der Waals surface area contributed by atoms with Crippen LogP contribution in [0.5, 0.6) is 0 Å². The van der Waals surface area contributed by atoms with Crippen molar-refractivity contribution < 1.29 is 8.78 Å². The van der Waals surface area contributed by atoms with Crippen molar-refractivity contribution in [1.82, 2.24) is 19.7 Å². The summed E-state index contributed by atoms with van der Waals surface area (Å²) >= 11 is 0. The second-order valence-corrected chi connectivity index (χ2v) is 8.21. The molecule has 0 radical (unpaired) electrons. The molecule has 5 aromatic rings. The van der Waals surface area contributed by atoms with Crippen LogP contribution in [0.1, 0.15) is 25.2 Å². The van der Waals surface area contributed by atoms with Gasteiger partial charge < -0.3 is 0 Å². The minimum absolute atomic E-state index is 0.342. The normalized spacial score (nSPS) is 11.8. The Bertz CT molecular complexity index is 1420. The number of hydrogen-bond donors (Lipinski definition) is 0. The first-order valence-corrected chi connectivity index (χ1v) is 10.3. The molecule has 158 valence electrons. The van der Waals surface area contributed by atoms with E-state index in [1.165, 1.54) is 17.5 Å². The molecule has 3 heterocycles. The van der Waals surface area contributed by atoms with E-state index in [1.54, 1.807) is 6.07 Å². The van der Waals surface area contributed by atoms with E-state index in [1.807, 2.05) is 61.1 Å². The van der Waals surface area contributed by atoms with Gasteiger partial charge in [0.1, 0.15) is 0 Å². The van der Waals surface area contributed by atoms with Crippen LogP contribution in [-0.2, 0) is 5.41 Å². The van der Waals surface area contributed by atoms with Crippen molar-refractivity contribution in [3.05, 3.63) is 108 Å². The summed E-state index contributed by atoms with van der Waals surface area (Å²) in [4.78, 5) is 7.84. The molecule has 2 aromatic carbocycles. The Morgan fingerprint density at radius 2 is 1.47 bits per heavy atom. The van der Waals surface area contributed by atoms with E-state index in [4.69, 9.17) is 5.10 Å². The van der Waals surface area contributed by atoms with Gasteiger partial charge in [0.05, 0.1) is 28.2 Å². The second kappa shape index (κ2) is 7.64. The van der Waals surface area contributed by atoms with Crippen molar-refractivity contribution >= 4 is 10.8 Å². The molecule has 6 heteroatoms. The summed E-state index contributed by atoms with van der Waals surface area (Å²) < 4.78 is 29.0. The largest absolute Gasteiger partial charge is 0.252 e. The third-order valence-electron chi connectivity index (χ3n) is 5.68. The van der Waals surface area contributed by atoms with Gasteiger partial charge in [-0.15, -0.1) is 0 Å². The molecule has 4 nitrogen and oxygen atoms in total. The van der Waals surface area contributed by atoms with Gasteiger partial charge in [0.25, 0.3) is 0 Å². The maximum absolute atomic E-state index is 13.6. The van der Waals surface area contributed by atoms with E-state index >= 15 is 0 Å². The first-order chi connectivity index (χ1) is 15.4. The van der Waals surface area contributed by atoms with Crippen LogP contribution in [0.25, 0.3) is 27.7 Å². The molecule has 0 unspecified atom stereocenters. The molecular formula is C26H20F2N4. The molecule has 0 fully saturated rings. The quantitative estimate of drug-likeness (QED) is 0.327. The van der Waals surface area contributed by atoms with Crippen molar-refractivity contribution in [3.63, 3.8) is 0 Å². The fourth-order valence-electron chi connectivity index (χ4n) is 3.81. The number of benzene rings is 2. The molecule has 0 spiro atoms. The molecule has 3 aromatic heterocycles. The lowest BCUT2D eigenvalue weighted by Crippen LogP contribution is -2.22. The SMILES string of the molecule is CC(C)(c1cccc(-c2cc(F)nc(F)c2)n1)c1ccn(-c2ccc3ccccc3c2)n1. The predicted molar refractivity (Wildman–Crippen MR) is 121 cm³/mol. The summed E-state index contributed by atoms with van der Waals surface area (Å²) in [5.41, 5.74) is 2.84. The molecule has 0 aliphatic carbocycles. The van der Waals surface area contributed by atoms with Gasteiger partial charge in [0.2, 0.25) is 11.9 Å². The van der Waals surface area contributed by atoms with Crippen LogP contribution in [0.2, 0.25) is 0 Å². The lowest BCUT2D eigenvalue weighted by molar-refractivity contribution is 0.513. The zero-order valence-corrected chi connectivity index (χ0v) is 17.6. The smallest absolute Gasteiger partial charge is 0.216 e. The standard InChI is InChI=1S/C26H20F2N4/c1-26(2,22-9-5-8-21(29-22)19-15-24(27)30-25(28)16-19)23-12-13-32(31-23)20-11-10-17-6-3-4-7-18(17)14-20/h3-16H,1-2H3. The van der Waals surface area contributed by atoms with Gasteiger partial charge >= 0.3 is 0 Å². The lowest BCUT2D eigenvalue weighted by atomic mass is 9.85. The van der Waals surface area contributed by atoms with E-state index in [0.29, 0.717) is 11.3 Å². The summed E-state index contributed by atoms with van der Waals surface area (Å²) in [6, 6.07) is 24.2. The Labute approximate surface area is 184 Å². The highest BCUT2D eigenvalue weighted by atomic mass is 19.1. The maximum Gasteiger partial charge on any atom is 0.216 e. The van der Waals surface area contributed by atoms with Crippen LogP contribution in [-0.4, -0.2) is 19.7 Å². The van der Waals surface area contributed by atoms with Crippen molar-refractivity contribution in [2.45, 2.75) is 19.3 Å². The number of aromatic nitrogens is 4. The molecule has 0 saturated carbocycles. The Balaban J connectivity index is 1.50. The summed E-state index contributed by atoms with van der Waals surface area (Å²) in [5.74, 6) is -1.75. The summed E-state index contributed by atoms with van der Waals surface area (Å²) in [7, 11) is 0. The Morgan fingerprint density at radius 3 is 2.25 bits per heavy atom. The van der Waals surface area contributed by atoms with Gasteiger partial charge in [-0.3, -0.25) is 4.98 Å².